The van der Waals surface area contributed by atoms with Crippen LogP contribution in [0.15, 0.2) is 46.9 Å². The Morgan fingerprint density at radius 1 is 1.12 bits per heavy atom. The molecule has 0 heterocycles. The molecule has 0 amide bonds. The second-order valence-electron chi connectivity index (χ2n) is 5.59. The Hall–Kier alpha value is -1.61. The molecule has 0 aromatic heterocycles. The van der Waals surface area contributed by atoms with Gasteiger partial charge in [0.1, 0.15) is 11.9 Å². The first-order valence-corrected chi connectivity index (χ1v) is 8.73. The summed E-state index contributed by atoms with van der Waals surface area (Å²) in [5.41, 5.74) is 1.75. The van der Waals surface area contributed by atoms with Crippen LogP contribution in [-0.4, -0.2) is 36.3 Å². The van der Waals surface area contributed by atoms with Crippen molar-refractivity contribution in [2.45, 2.75) is 18.9 Å². The molecule has 0 fully saturated rings. The van der Waals surface area contributed by atoms with Gasteiger partial charge in [-0.25, -0.2) is 0 Å². The monoisotopic (exact) mass is 433 g/mol. The van der Waals surface area contributed by atoms with Crippen molar-refractivity contribution in [3.63, 3.8) is 0 Å². The van der Waals surface area contributed by atoms with E-state index in [0.717, 1.165) is 10.0 Å². The van der Waals surface area contributed by atoms with Gasteiger partial charge < -0.3 is 20.3 Å². The lowest BCUT2D eigenvalue weighted by Crippen LogP contribution is -2.21. The fourth-order valence-electron chi connectivity index (χ4n) is 2.55. The van der Waals surface area contributed by atoms with Crippen LogP contribution in [0.1, 0.15) is 22.8 Å². The highest BCUT2D eigenvalue weighted by Crippen LogP contribution is 2.31. The third-order valence-electron chi connectivity index (χ3n) is 3.67. The van der Waals surface area contributed by atoms with Crippen molar-refractivity contribution in [1.29, 1.82) is 0 Å². The lowest BCUT2D eigenvalue weighted by Gasteiger charge is -2.18. The number of aliphatic hydroxyl groups is 2. The number of aliphatic hydroxyl groups excluding tert-OH is 2. The molecule has 0 radical (unpaired) electrons. The minimum Gasteiger partial charge on any atom is -0.406 e. The normalized spacial score (nSPS) is 12.8. The fraction of sp³-hybridized carbons (Fsp3) is 0.333. The molecule has 0 saturated carbocycles. The minimum atomic E-state index is -4.79. The van der Waals surface area contributed by atoms with Gasteiger partial charge in [-0.05, 0) is 53.9 Å². The molecule has 0 aliphatic rings. The van der Waals surface area contributed by atoms with E-state index in [2.05, 4.69) is 26.0 Å². The lowest BCUT2D eigenvalue weighted by molar-refractivity contribution is -0.274. The van der Waals surface area contributed by atoms with Crippen LogP contribution in [0.25, 0.3) is 0 Å². The highest BCUT2D eigenvalue weighted by molar-refractivity contribution is 9.10. The second-order valence-corrected chi connectivity index (χ2v) is 6.51. The van der Waals surface area contributed by atoms with Crippen molar-refractivity contribution in [1.82, 2.24) is 5.32 Å². The van der Waals surface area contributed by atoms with Crippen molar-refractivity contribution in [2.24, 2.45) is 0 Å². The molecule has 1 atom stereocenters. The molecular formula is C18H19BrF3NO3. The Morgan fingerprint density at radius 3 is 2.58 bits per heavy atom. The maximum Gasteiger partial charge on any atom is 0.573 e. The van der Waals surface area contributed by atoms with E-state index in [1.807, 2.05) is 6.07 Å². The summed E-state index contributed by atoms with van der Waals surface area (Å²) >= 11 is 3.38. The summed E-state index contributed by atoms with van der Waals surface area (Å²) in [5, 5.41) is 22.5. The molecule has 0 spiro atoms. The zero-order valence-electron chi connectivity index (χ0n) is 13.8. The largest absolute Gasteiger partial charge is 0.573 e. The predicted octanol–water partition coefficient (Wildman–Crippen LogP) is 3.55. The van der Waals surface area contributed by atoms with Crippen molar-refractivity contribution in [3.05, 3.63) is 63.6 Å². The van der Waals surface area contributed by atoms with E-state index >= 15 is 0 Å². The molecule has 2 aromatic carbocycles. The Labute approximate surface area is 157 Å². The molecule has 2 rings (SSSR count). The van der Waals surface area contributed by atoms with Gasteiger partial charge in [0.05, 0.1) is 6.61 Å². The van der Waals surface area contributed by atoms with Crippen LogP contribution in [0.2, 0.25) is 0 Å². The first-order valence-electron chi connectivity index (χ1n) is 7.94. The average Bonchev–Trinajstić information content (AvgIpc) is 2.57. The molecule has 8 heteroatoms. The standard InChI is InChI=1S/C18H19BrF3NO3/c19-14-4-5-16(12(10-14)6-7-23-8-9-24)17(25)13-2-1-3-15(11-13)26-18(20,21)22/h1-5,10-11,17,23-25H,6-9H2. The van der Waals surface area contributed by atoms with Crippen LogP contribution in [0, 0.1) is 0 Å². The van der Waals surface area contributed by atoms with Gasteiger partial charge >= 0.3 is 6.36 Å². The highest BCUT2D eigenvalue weighted by Gasteiger charge is 2.31. The van der Waals surface area contributed by atoms with Gasteiger partial charge in [-0.15, -0.1) is 13.2 Å². The van der Waals surface area contributed by atoms with Crippen molar-refractivity contribution >= 4 is 15.9 Å². The lowest BCUT2D eigenvalue weighted by atomic mass is 9.95. The van der Waals surface area contributed by atoms with Gasteiger partial charge in [0.25, 0.3) is 0 Å². The highest BCUT2D eigenvalue weighted by atomic mass is 79.9. The van der Waals surface area contributed by atoms with Crippen molar-refractivity contribution < 1.29 is 28.1 Å². The number of halogens is 4. The van der Waals surface area contributed by atoms with E-state index in [9.17, 15) is 18.3 Å². The number of hydrogen-bond acceptors (Lipinski definition) is 4. The minimum absolute atomic E-state index is 0.0277. The van der Waals surface area contributed by atoms with Gasteiger partial charge in [0.15, 0.2) is 0 Å². The molecule has 0 aliphatic carbocycles. The number of rotatable bonds is 8. The molecule has 1 unspecified atom stereocenters. The SMILES string of the molecule is OCCNCCc1cc(Br)ccc1C(O)c1cccc(OC(F)(F)F)c1. The Bertz CT molecular complexity index is 725. The third kappa shape index (κ3) is 6.28. The van der Waals surface area contributed by atoms with E-state index in [1.54, 1.807) is 18.2 Å². The molecule has 26 heavy (non-hydrogen) atoms. The number of alkyl halides is 3. The number of hydrogen-bond donors (Lipinski definition) is 3. The van der Waals surface area contributed by atoms with E-state index < -0.39 is 12.5 Å². The summed E-state index contributed by atoms with van der Waals surface area (Å²) in [6, 6.07) is 10.7. The van der Waals surface area contributed by atoms with Crippen molar-refractivity contribution in [3.8, 4) is 5.75 Å². The molecule has 3 N–H and O–H groups in total. The first kappa shape index (κ1) is 20.7. The molecular weight excluding hydrogens is 415 g/mol. The zero-order chi connectivity index (χ0) is 19.2. The summed E-state index contributed by atoms with van der Waals surface area (Å²) in [7, 11) is 0. The van der Waals surface area contributed by atoms with E-state index in [-0.39, 0.29) is 12.4 Å². The van der Waals surface area contributed by atoms with E-state index in [1.165, 1.54) is 18.2 Å². The molecule has 142 valence electrons. The van der Waals surface area contributed by atoms with Crippen LogP contribution in [-0.2, 0) is 6.42 Å². The first-order chi connectivity index (χ1) is 12.3. The van der Waals surface area contributed by atoms with Crippen LogP contribution < -0.4 is 10.1 Å². The van der Waals surface area contributed by atoms with Gasteiger partial charge in [0.2, 0.25) is 0 Å². The predicted molar refractivity (Wildman–Crippen MR) is 95.0 cm³/mol. The summed E-state index contributed by atoms with van der Waals surface area (Å²) in [5.74, 6) is -0.377. The Balaban J connectivity index is 2.23. The maximum atomic E-state index is 12.4. The summed E-state index contributed by atoms with van der Waals surface area (Å²) in [6.45, 7) is 1.08. The summed E-state index contributed by atoms with van der Waals surface area (Å²) < 4.78 is 41.9. The van der Waals surface area contributed by atoms with Gasteiger partial charge in [-0.2, -0.15) is 0 Å². The van der Waals surface area contributed by atoms with Crippen LogP contribution in [0.4, 0.5) is 13.2 Å². The number of nitrogens with one attached hydrogen (secondary N) is 1. The van der Waals surface area contributed by atoms with Gasteiger partial charge in [-0.1, -0.05) is 34.1 Å². The molecule has 0 aliphatic heterocycles. The number of benzene rings is 2. The third-order valence-corrected chi connectivity index (χ3v) is 4.16. The smallest absolute Gasteiger partial charge is 0.406 e. The topological polar surface area (TPSA) is 61.7 Å². The second kappa shape index (κ2) is 9.36. The van der Waals surface area contributed by atoms with E-state index in [4.69, 9.17) is 5.11 Å². The summed E-state index contributed by atoms with van der Waals surface area (Å²) in [6.07, 6.45) is -5.29. The van der Waals surface area contributed by atoms with Crippen LogP contribution >= 0.6 is 15.9 Å². The van der Waals surface area contributed by atoms with Crippen molar-refractivity contribution in [2.75, 3.05) is 19.7 Å². The average molecular weight is 434 g/mol. The number of ether oxygens (including phenoxy) is 1. The van der Waals surface area contributed by atoms with E-state index in [0.29, 0.717) is 30.6 Å². The molecule has 0 bridgehead atoms. The van der Waals surface area contributed by atoms with Gasteiger partial charge in [0, 0.05) is 11.0 Å². The Kier molecular flexibility index (Phi) is 7.45. The molecule has 4 nitrogen and oxygen atoms in total. The maximum absolute atomic E-state index is 12.4. The Morgan fingerprint density at radius 2 is 1.88 bits per heavy atom. The van der Waals surface area contributed by atoms with Crippen LogP contribution in [0.5, 0.6) is 5.75 Å². The molecule has 0 saturated heterocycles. The zero-order valence-corrected chi connectivity index (χ0v) is 15.3. The molecule has 2 aromatic rings. The quantitative estimate of drug-likeness (QED) is 0.557. The van der Waals surface area contributed by atoms with Crippen LogP contribution in [0.3, 0.4) is 0 Å². The summed E-state index contributed by atoms with van der Waals surface area (Å²) in [4.78, 5) is 0. The fourth-order valence-corrected chi connectivity index (χ4v) is 2.95. The van der Waals surface area contributed by atoms with Gasteiger partial charge in [-0.3, -0.25) is 0 Å².